The average Bonchev–Trinajstić information content (AvgIpc) is 2.59. The van der Waals surface area contributed by atoms with Gasteiger partial charge in [-0.05, 0) is 34.6 Å². The molecule has 0 bridgehead atoms. The van der Waals surface area contributed by atoms with Crippen molar-refractivity contribution in [1.29, 1.82) is 0 Å². The quantitative estimate of drug-likeness (QED) is 0.584. The van der Waals surface area contributed by atoms with Crippen molar-refractivity contribution in [2.75, 3.05) is 4.90 Å². The molecule has 0 N–H and O–H groups in total. The van der Waals surface area contributed by atoms with E-state index in [9.17, 15) is 9.59 Å². The molecule has 1 saturated heterocycles. The highest BCUT2D eigenvalue weighted by molar-refractivity contribution is 8.68. The predicted octanol–water partition coefficient (Wildman–Crippen LogP) is 1.94. The largest absolute Gasteiger partial charge is 0.274 e. The summed E-state index contributed by atoms with van der Waals surface area (Å²) in [6, 6.07) is 3.37. The molecule has 77 valence electrons. The Kier molecular flexibility index (Phi) is 2.97. The summed E-state index contributed by atoms with van der Waals surface area (Å²) >= 11 is 4.82. The maximum atomic E-state index is 11.5. The number of amides is 2. The van der Waals surface area contributed by atoms with Crippen LogP contribution in [0, 0.1) is 0 Å². The third-order valence-electron chi connectivity index (χ3n) is 2.12. The first-order chi connectivity index (χ1) is 7.24. The molecule has 6 heteroatoms. The van der Waals surface area contributed by atoms with E-state index in [1.165, 1.54) is 4.90 Å². The van der Waals surface area contributed by atoms with Gasteiger partial charge in [-0.15, -0.1) is 0 Å². The van der Waals surface area contributed by atoms with Crippen LogP contribution in [0.2, 0.25) is 0 Å². The lowest BCUT2D eigenvalue weighted by Crippen LogP contribution is -2.29. The lowest BCUT2D eigenvalue weighted by Gasteiger charge is -2.15. The summed E-state index contributed by atoms with van der Waals surface area (Å²) in [4.78, 5) is 28.2. The van der Waals surface area contributed by atoms with Crippen LogP contribution in [-0.4, -0.2) is 16.8 Å². The van der Waals surface area contributed by atoms with Gasteiger partial charge in [-0.1, -0.05) is 0 Å². The summed E-state index contributed by atoms with van der Waals surface area (Å²) in [6.45, 7) is 0. The summed E-state index contributed by atoms with van der Waals surface area (Å²) in [5.74, 6) is -0.364. The van der Waals surface area contributed by atoms with E-state index in [0.29, 0.717) is 10.7 Å². The molecule has 0 aliphatic carbocycles. The van der Waals surface area contributed by atoms with E-state index in [1.807, 2.05) is 0 Å². The normalized spacial score (nSPS) is 16.2. The number of hydrogen-bond donors (Lipinski definition) is 0. The van der Waals surface area contributed by atoms with Crippen LogP contribution >= 0.6 is 22.5 Å². The van der Waals surface area contributed by atoms with Crippen molar-refractivity contribution in [3.63, 3.8) is 0 Å². The van der Waals surface area contributed by atoms with E-state index in [1.54, 1.807) is 18.3 Å². The van der Waals surface area contributed by atoms with Gasteiger partial charge < -0.3 is 0 Å². The molecule has 0 spiro atoms. The average molecular weight is 239 g/mol. The Morgan fingerprint density at radius 3 is 2.60 bits per heavy atom. The van der Waals surface area contributed by atoms with Crippen LogP contribution in [0.1, 0.15) is 12.8 Å². The molecule has 1 aromatic heterocycles. The van der Waals surface area contributed by atoms with Crippen molar-refractivity contribution in [2.24, 2.45) is 0 Å². The fourth-order valence-electron chi connectivity index (χ4n) is 1.46. The van der Waals surface area contributed by atoms with Gasteiger partial charge in [-0.3, -0.25) is 9.59 Å². The van der Waals surface area contributed by atoms with Crippen LogP contribution in [-0.2, 0) is 9.59 Å². The standard InChI is InChI=1S/C9H7N2O2S2/c12-7-3-4-8(13)11(7)6-2-1-5-10-9(6)15-14/h1-2,5H,3-4H2. The summed E-state index contributed by atoms with van der Waals surface area (Å²) < 4.78 is 0. The smallest absolute Gasteiger partial charge is 0.234 e. The molecule has 4 nitrogen and oxygen atoms in total. The Labute approximate surface area is 95.9 Å². The van der Waals surface area contributed by atoms with Crippen molar-refractivity contribution in [2.45, 2.75) is 17.9 Å². The van der Waals surface area contributed by atoms with Gasteiger partial charge in [0, 0.05) is 19.0 Å². The van der Waals surface area contributed by atoms with Gasteiger partial charge in [-0.2, -0.15) is 0 Å². The number of anilines is 1. The van der Waals surface area contributed by atoms with Gasteiger partial charge in [0.25, 0.3) is 0 Å². The number of nitrogens with zero attached hydrogens (tertiary/aromatic N) is 2. The number of aromatic nitrogens is 1. The summed E-state index contributed by atoms with van der Waals surface area (Å²) in [7, 11) is 1.01. The number of pyridine rings is 1. The van der Waals surface area contributed by atoms with Crippen LogP contribution in [0.5, 0.6) is 0 Å². The molecule has 1 aliphatic rings. The molecule has 0 atom stereocenters. The zero-order chi connectivity index (χ0) is 10.8. The van der Waals surface area contributed by atoms with Crippen LogP contribution in [0.15, 0.2) is 23.4 Å². The highest BCUT2D eigenvalue weighted by Crippen LogP contribution is 2.32. The van der Waals surface area contributed by atoms with Gasteiger partial charge >= 0.3 is 0 Å². The first-order valence-electron chi connectivity index (χ1n) is 4.34. The zero-order valence-electron chi connectivity index (χ0n) is 7.67. The molecule has 0 unspecified atom stereocenters. The lowest BCUT2D eigenvalue weighted by atomic mass is 10.4. The highest BCUT2D eigenvalue weighted by atomic mass is 33.1. The molecule has 1 fully saturated rings. The SMILES string of the molecule is O=C1CCC(=O)N1c1cccnc1S[S]. The minimum absolute atomic E-state index is 0.182. The van der Waals surface area contributed by atoms with Crippen LogP contribution < -0.4 is 4.90 Å². The Morgan fingerprint density at radius 1 is 1.33 bits per heavy atom. The maximum absolute atomic E-state index is 11.5. The molecule has 2 rings (SSSR count). The first kappa shape index (κ1) is 10.5. The molecule has 15 heavy (non-hydrogen) atoms. The number of hydrogen-bond acceptors (Lipinski definition) is 4. The van der Waals surface area contributed by atoms with E-state index >= 15 is 0 Å². The lowest BCUT2D eigenvalue weighted by molar-refractivity contribution is -0.121. The molecule has 1 aliphatic heterocycles. The third kappa shape index (κ3) is 1.87. The molecular formula is C9H7N2O2S2. The number of carbonyl (C=O) groups is 2. The van der Waals surface area contributed by atoms with Crippen LogP contribution in [0.25, 0.3) is 0 Å². The number of rotatable bonds is 2. The molecule has 2 heterocycles. The Bertz CT molecular complexity index is 406. The second-order valence-electron chi connectivity index (χ2n) is 3.03. The Hall–Kier alpha value is -1.01. The predicted molar refractivity (Wildman–Crippen MR) is 59.4 cm³/mol. The highest BCUT2D eigenvalue weighted by Gasteiger charge is 2.31. The van der Waals surface area contributed by atoms with E-state index in [0.717, 1.165) is 10.8 Å². The van der Waals surface area contributed by atoms with Crippen molar-refractivity contribution in [1.82, 2.24) is 4.98 Å². The van der Waals surface area contributed by atoms with E-state index in [4.69, 9.17) is 11.7 Å². The van der Waals surface area contributed by atoms with Crippen molar-refractivity contribution in [3.05, 3.63) is 18.3 Å². The summed E-state index contributed by atoms with van der Waals surface area (Å²) in [6.07, 6.45) is 2.13. The topological polar surface area (TPSA) is 50.3 Å². The number of imide groups is 1. The second kappa shape index (κ2) is 4.24. The van der Waals surface area contributed by atoms with Gasteiger partial charge in [0.15, 0.2) is 0 Å². The van der Waals surface area contributed by atoms with Crippen molar-refractivity contribution >= 4 is 40.0 Å². The minimum Gasteiger partial charge on any atom is -0.274 e. The molecule has 1 radical (unpaired) electrons. The fraction of sp³-hybridized carbons (Fsp3) is 0.222. The monoisotopic (exact) mass is 239 g/mol. The maximum Gasteiger partial charge on any atom is 0.234 e. The van der Waals surface area contributed by atoms with Crippen LogP contribution in [0.4, 0.5) is 5.69 Å². The van der Waals surface area contributed by atoms with Gasteiger partial charge in [-0.25, -0.2) is 9.88 Å². The van der Waals surface area contributed by atoms with Crippen molar-refractivity contribution < 1.29 is 9.59 Å². The van der Waals surface area contributed by atoms with Crippen molar-refractivity contribution in [3.8, 4) is 0 Å². The molecular weight excluding hydrogens is 232 g/mol. The van der Waals surface area contributed by atoms with Crippen LogP contribution in [0.3, 0.4) is 0 Å². The Morgan fingerprint density at radius 2 is 2.00 bits per heavy atom. The fourth-order valence-corrected chi connectivity index (χ4v) is 2.20. The van der Waals surface area contributed by atoms with Gasteiger partial charge in [0.2, 0.25) is 11.8 Å². The zero-order valence-corrected chi connectivity index (χ0v) is 9.31. The van der Waals surface area contributed by atoms with Gasteiger partial charge in [0.1, 0.15) is 5.03 Å². The molecule has 0 aromatic carbocycles. The Balaban J connectivity index is 2.44. The van der Waals surface area contributed by atoms with E-state index < -0.39 is 0 Å². The molecule has 0 saturated carbocycles. The second-order valence-corrected chi connectivity index (χ2v) is 4.09. The first-order valence-corrected chi connectivity index (χ1v) is 6.09. The van der Waals surface area contributed by atoms with E-state index in [-0.39, 0.29) is 24.7 Å². The third-order valence-corrected chi connectivity index (χ3v) is 3.07. The molecule has 1 aromatic rings. The summed E-state index contributed by atoms with van der Waals surface area (Å²) in [5, 5.41) is 0.524. The van der Waals surface area contributed by atoms with E-state index in [2.05, 4.69) is 4.98 Å². The molecule has 2 amide bonds. The minimum atomic E-state index is -0.182. The summed E-state index contributed by atoms with van der Waals surface area (Å²) in [5.41, 5.74) is 0.505. The number of carbonyl (C=O) groups excluding carboxylic acids is 2. The van der Waals surface area contributed by atoms with Gasteiger partial charge in [0.05, 0.1) is 5.69 Å².